The van der Waals surface area contributed by atoms with E-state index < -0.39 is 0 Å². The van der Waals surface area contributed by atoms with Crippen LogP contribution in [0.3, 0.4) is 0 Å². The number of rotatable bonds is 3. The summed E-state index contributed by atoms with van der Waals surface area (Å²) in [6, 6.07) is 8.52. The minimum atomic E-state index is -0.280. The van der Waals surface area contributed by atoms with Gasteiger partial charge in [0.1, 0.15) is 5.82 Å². The first-order valence-electron chi connectivity index (χ1n) is 5.23. The molecule has 1 heterocycles. The molecule has 0 saturated heterocycles. The fourth-order valence-corrected chi connectivity index (χ4v) is 1.61. The molecule has 0 radical (unpaired) electrons. The Morgan fingerprint density at radius 3 is 2.71 bits per heavy atom. The molecule has 88 valence electrons. The number of benzene rings is 1. The molecule has 0 spiro atoms. The van der Waals surface area contributed by atoms with Crippen LogP contribution in [0.2, 0.25) is 0 Å². The van der Waals surface area contributed by atoms with Crippen LogP contribution in [0, 0.1) is 5.82 Å². The van der Waals surface area contributed by atoms with Crippen LogP contribution in [-0.4, -0.2) is 12.1 Å². The summed E-state index contributed by atoms with van der Waals surface area (Å²) >= 11 is 0. The molecule has 1 aromatic heterocycles. The third-order valence-electron chi connectivity index (χ3n) is 2.54. The lowest BCUT2D eigenvalue weighted by Gasteiger charge is -2.06. The third-order valence-corrected chi connectivity index (χ3v) is 2.54. The smallest absolute Gasteiger partial charge is 0.213 e. The maximum Gasteiger partial charge on any atom is 0.213 e. The van der Waals surface area contributed by atoms with Gasteiger partial charge in [-0.3, -0.25) is 0 Å². The first kappa shape index (κ1) is 11.5. The minimum Gasteiger partial charge on any atom is -0.481 e. The van der Waals surface area contributed by atoms with Crippen LogP contribution in [0.4, 0.5) is 4.39 Å². The number of ether oxygens (including phenoxy) is 1. The molecular weight excluding hydrogens is 219 g/mol. The van der Waals surface area contributed by atoms with Gasteiger partial charge in [0.15, 0.2) is 0 Å². The van der Waals surface area contributed by atoms with Crippen molar-refractivity contribution in [2.45, 2.75) is 6.54 Å². The average Bonchev–Trinajstić information content (AvgIpc) is 2.39. The van der Waals surface area contributed by atoms with E-state index in [9.17, 15) is 4.39 Å². The van der Waals surface area contributed by atoms with Crippen LogP contribution in [-0.2, 0) is 6.54 Å². The van der Waals surface area contributed by atoms with Gasteiger partial charge in [0, 0.05) is 24.4 Å². The highest BCUT2D eigenvalue weighted by Gasteiger charge is 2.05. The van der Waals surface area contributed by atoms with E-state index >= 15 is 0 Å². The van der Waals surface area contributed by atoms with Gasteiger partial charge in [-0.25, -0.2) is 9.37 Å². The molecule has 0 atom stereocenters. The highest BCUT2D eigenvalue weighted by atomic mass is 19.1. The number of aromatic nitrogens is 1. The molecule has 3 nitrogen and oxygen atoms in total. The number of halogens is 1. The largest absolute Gasteiger partial charge is 0.481 e. The molecule has 0 bridgehead atoms. The molecule has 0 aliphatic carbocycles. The maximum atomic E-state index is 13.3. The van der Waals surface area contributed by atoms with Crippen molar-refractivity contribution in [2.75, 3.05) is 7.11 Å². The minimum absolute atomic E-state index is 0.182. The summed E-state index contributed by atoms with van der Waals surface area (Å²) in [5, 5.41) is 0. The van der Waals surface area contributed by atoms with Crippen molar-refractivity contribution < 1.29 is 9.13 Å². The second-order valence-electron chi connectivity index (χ2n) is 3.60. The molecule has 0 saturated carbocycles. The lowest BCUT2D eigenvalue weighted by atomic mass is 10.0. The van der Waals surface area contributed by atoms with E-state index in [1.807, 2.05) is 6.07 Å². The van der Waals surface area contributed by atoms with Gasteiger partial charge in [-0.2, -0.15) is 0 Å². The Hall–Kier alpha value is -1.94. The van der Waals surface area contributed by atoms with Crippen LogP contribution in [0.25, 0.3) is 11.1 Å². The standard InChI is InChI=1S/C13H13FN2O/c1-17-13-7-10(4-5-16-13)9-2-3-12(14)11(6-9)8-15/h2-7H,8,15H2,1H3. The van der Waals surface area contributed by atoms with Crippen LogP contribution >= 0.6 is 0 Å². The van der Waals surface area contributed by atoms with E-state index in [0.29, 0.717) is 11.4 Å². The molecule has 0 aliphatic rings. The van der Waals surface area contributed by atoms with Gasteiger partial charge in [-0.05, 0) is 29.3 Å². The zero-order chi connectivity index (χ0) is 12.3. The Balaban J connectivity index is 2.45. The number of methoxy groups -OCH3 is 1. The summed E-state index contributed by atoms with van der Waals surface area (Å²) in [6.07, 6.45) is 1.65. The van der Waals surface area contributed by atoms with E-state index in [2.05, 4.69) is 4.98 Å². The third kappa shape index (κ3) is 2.42. The van der Waals surface area contributed by atoms with E-state index in [1.54, 1.807) is 31.5 Å². The van der Waals surface area contributed by atoms with E-state index in [1.165, 1.54) is 6.07 Å². The lowest BCUT2D eigenvalue weighted by molar-refractivity contribution is 0.398. The van der Waals surface area contributed by atoms with Crippen molar-refractivity contribution in [3.8, 4) is 17.0 Å². The summed E-state index contributed by atoms with van der Waals surface area (Å²) in [7, 11) is 1.56. The van der Waals surface area contributed by atoms with E-state index in [0.717, 1.165) is 11.1 Å². The summed E-state index contributed by atoms with van der Waals surface area (Å²) in [5.41, 5.74) is 7.79. The predicted molar refractivity (Wildman–Crippen MR) is 64.1 cm³/mol. The molecule has 2 aromatic rings. The monoisotopic (exact) mass is 232 g/mol. The Kier molecular flexibility index (Phi) is 3.35. The fourth-order valence-electron chi connectivity index (χ4n) is 1.61. The highest BCUT2D eigenvalue weighted by molar-refractivity contribution is 5.64. The van der Waals surface area contributed by atoms with Crippen molar-refractivity contribution in [3.63, 3.8) is 0 Å². The average molecular weight is 232 g/mol. The number of hydrogen-bond donors (Lipinski definition) is 1. The van der Waals surface area contributed by atoms with Crippen LogP contribution < -0.4 is 10.5 Å². The van der Waals surface area contributed by atoms with Crippen molar-refractivity contribution in [3.05, 3.63) is 47.9 Å². The van der Waals surface area contributed by atoms with E-state index in [-0.39, 0.29) is 12.4 Å². The lowest BCUT2D eigenvalue weighted by Crippen LogP contribution is -1.99. The molecular formula is C13H13FN2O. The summed E-state index contributed by atoms with van der Waals surface area (Å²) in [5.74, 6) is 0.249. The Morgan fingerprint density at radius 1 is 1.24 bits per heavy atom. The number of pyridine rings is 1. The van der Waals surface area contributed by atoms with Crippen molar-refractivity contribution in [1.29, 1.82) is 0 Å². The topological polar surface area (TPSA) is 48.1 Å². The van der Waals surface area contributed by atoms with Gasteiger partial charge in [0.2, 0.25) is 5.88 Å². The first-order chi connectivity index (χ1) is 8.24. The highest BCUT2D eigenvalue weighted by Crippen LogP contribution is 2.24. The fraction of sp³-hybridized carbons (Fsp3) is 0.154. The molecule has 2 N–H and O–H groups in total. The van der Waals surface area contributed by atoms with Gasteiger partial charge < -0.3 is 10.5 Å². The molecule has 0 aliphatic heterocycles. The molecule has 1 aromatic carbocycles. The molecule has 0 fully saturated rings. The first-order valence-corrected chi connectivity index (χ1v) is 5.23. The molecule has 2 rings (SSSR count). The summed E-state index contributed by atoms with van der Waals surface area (Å²) in [4.78, 5) is 4.02. The van der Waals surface area contributed by atoms with Gasteiger partial charge >= 0.3 is 0 Å². The SMILES string of the molecule is COc1cc(-c2ccc(F)c(CN)c2)ccn1. The number of hydrogen-bond acceptors (Lipinski definition) is 3. The molecule has 17 heavy (non-hydrogen) atoms. The summed E-state index contributed by atoms with van der Waals surface area (Å²) in [6.45, 7) is 0.182. The second-order valence-corrected chi connectivity index (χ2v) is 3.60. The second kappa shape index (κ2) is 4.93. The zero-order valence-corrected chi connectivity index (χ0v) is 9.48. The zero-order valence-electron chi connectivity index (χ0n) is 9.48. The van der Waals surface area contributed by atoms with Gasteiger partial charge in [-0.15, -0.1) is 0 Å². The molecule has 0 amide bonds. The molecule has 4 heteroatoms. The van der Waals surface area contributed by atoms with E-state index in [4.69, 9.17) is 10.5 Å². The maximum absolute atomic E-state index is 13.3. The van der Waals surface area contributed by atoms with Crippen molar-refractivity contribution in [2.24, 2.45) is 5.73 Å². The van der Waals surface area contributed by atoms with Crippen LogP contribution in [0.1, 0.15) is 5.56 Å². The van der Waals surface area contributed by atoms with Crippen LogP contribution in [0.5, 0.6) is 5.88 Å². The van der Waals surface area contributed by atoms with Crippen LogP contribution in [0.15, 0.2) is 36.5 Å². The predicted octanol–water partition coefficient (Wildman–Crippen LogP) is 2.36. The Bertz CT molecular complexity index is 529. The Morgan fingerprint density at radius 2 is 2.00 bits per heavy atom. The van der Waals surface area contributed by atoms with Gasteiger partial charge in [0.25, 0.3) is 0 Å². The van der Waals surface area contributed by atoms with Crippen molar-refractivity contribution >= 4 is 0 Å². The number of nitrogens with zero attached hydrogens (tertiary/aromatic N) is 1. The Labute approximate surface area is 99.1 Å². The van der Waals surface area contributed by atoms with Gasteiger partial charge in [-0.1, -0.05) is 6.07 Å². The van der Waals surface area contributed by atoms with Gasteiger partial charge in [0.05, 0.1) is 7.11 Å². The summed E-state index contributed by atoms with van der Waals surface area (Å²) < 4.78 is 18.4. The quantitative estimate of drug-likeness (QED) is 0.883. The van der Waals surface area contributed by atoms with Crippen molar-refractivity contribution in [1.82, 2.24) is 4.98 Å². The number of nitrogens with two attached hydrogens (primary N) is 1. The molecule has 0 unspecified atom stereocenters. The normalized spacial score (nSPS) is 10.3.